The van der Waals surface area contributed by atoms with Crippen LogP contribution in [-0.2, 0) is 4.74 Å². The second kappa shape index (κ2) is 5.20. The molecule has 5 nitrogen and oxygen atoms in total. The summed E-state index contributed by atoms with van der Waals surface area (Å²) in [4.78, 5) is 18.0. The molecule has 1 aliphatic heterocycles. The molecule has 1 aliphatic rings. The number of morpholine rings is 1. The van der Waals surface area contributed by atoms with Gasteiger partial charge in [0.2, 0.25) is 0 Å². The molecule has 90 valence electrons. The Hall–Kier alpha value is -1.53. The van der Waals surface area contributed by atoms with Gasteiger partial charge in [-0.3, -0.25) is 9.78 Å². The number of nitrogens with zero attached hydrogens (tertiary/aromatic N) is 2. The Morgan fingerprint density at radius 2 is 2.24 bits per heavy atom. The molecule has 0 aromatic carbocycles. The molecule has 1 unspecified atom stereocenters. The van der Waals surface area contributed by atoms with Crippen molar-refractivity contribution in [3.63, 3.8) is 0 Å². The Labute approximate surface area is 105 Å². The molecule has 0 spiro atoms. The lowest BCUT2D eigenvalue weighted by Crippen LogP contribution is -2.49. The van der Waals surface area contributed by atoms with Gasteiger partial charge in [0, 0.05) is 24.5 Å². The average molecular weight is 251 g/mol. The molecule has 1 atom stereocenters. The van der Waals surface area contributed by atoms with E-state index < -0.39 is 0 Å². The van der Waals surface area contributed by atoms with E-state index in [9.17, 15) is 4.79 Å². The average Bonchev–Trinajstić information content (AvgIpc) is 2.39. The molecular weight excluding hydrogens is 238 g/mol. The van der Waals surface area contributed by atoms with E-state index in [1.54, 1.807) is 29.4 Å². The zero-order valence-corrected chi connectivity index (χ0v) is 10.0. The van der Waals surface area contributed by atoms with Gasteiger partial charge in [0.1, 0.15) is 11.1 Å². The molecule has 6 heteroatoms. The number of hydrogen-bond donors (Lipinski definition) is 1. The summed E-state index contributed by atoms with van der Waals surface area (Å²) in [6.07, 6.45) is 2.85. The summed E-state index contributed by atoms with van der Waals surface area (Å²) in [6, 6.07) is 3.38. The van der Waals surface area contributed by atoms with Gasteiger partial charge in [-0.2, -0.15) is 0 Å². The van der Waals surface area contributed by atoms with E-state index >= 15 is 0 Å². The topological polar surface area (TPSA) is 68.5 Å². The number of pyridine rings is 1. The Bertz CT molecular complexity index is 424. The van der Waals surface area contributed by atoms with Crippen molar-refractivity contribution in [3.8, 4) is 0 Å². The van der Waals surface area contributed by atoms with E-state index in [1.165, 1.54) is 0 Å². The Morgan fingerprint density at radius 3 is 2.88 bits per heavy atom. The normalized spacial score (nSPS) is 20.0. The molecule has 1 aromatic heterocycles. The van der Waals surface area contributed by atoms with E-state index in [2.05, 4.69) is 4.98 Å². The van der Waals surface area contributed by atoms with Crippen molar-refractivity contribution in [3.05, 3.63) is 30.1 Å². The van der Waals surface area contributed by atoms with Gasteiger partial charge >= 0.3 is 0 Å². The Morgan fingerprint density at radius 1 is 1.53 bits per heavy atom. The predicted molar refractivity (Wildman–Crippen MR) is 66.7 cm³/mol. The zero-order chi connectivity index (χ0) is 12.3. The number of nitrogens with two attached hydrogens (primary N) is 1. The van der Waals surface area contributed by atoms with Crippen molar-refractivity contribution >= 4 is 23.1 Å². The van der Waals surface area contributed by atoms with Crippen molar-refractivity contribution in [2.45, 2.75) is 6.10 Å². The molecular formula is C11H13N3O2S. The van der Waals surface area contributed by atoms with E-state index in [-0.39, 0.29) is 17.0 Å². The second-order valence-electron chi connectivity index (χ2n) is 3.75. The Balaban J connectivity index is 2.07. The standard InChI is InChI=1S/C11H13N3O2S/c12-10(17)9-7-14(5-6-16-9)11(15)8-1-3-13-4-2-8/h1-4,9H,5-7H2,(H2,12,17). The third kappa shape index (κ3) is 2.78. The lowest BCUT2D eigenvalue weighted by Gasteiger charge is -2.32. The maximum absolute atomic E-state index is 12.1. The molecule has 0 bridgehead atoms. The Kier molecular flexibility index (Phi) is 3.65. The van der Waals surface area contributed by atoms with Crippen LogP contribution in [0.1, 0.15) is 10.4 Å². The van der Waals surface area contributed by atoms with E-state index in [4.69, 9.17) is 22.7 Å². The predicted octanol–water partition coefficient (Wildman–Crippen LogP) is 0.209. The lowest BCUT2D eigenvalue weighted by atomic mass is 10.2. The number of carbonyl (C=O) groups is 1. The second-order valence-corrected chi connectivity index (χ2v) is 4.22. The van der Waals surface area contributed by atoms with Crippen molar-refractivity contribution in [2.24, 2.45) is 5.73 Å². The first-order valence-electron chi connectivity index (χ1n) is 5.28. The van der Waals surface area contributed by atoms with Gasteiger partial charge in [-0.1, -0.05) is 12.2 Å². The summed E-state index contributed by atoms with van der Waals surface area (Å²) < 4.78 is 5.38. The molecule has 0 radical (unpaired) electrons. The highest BCUT2D eigenvalue weighted by atomic mass is 32.1. The van der Waals surface area contributed by atoms with Crippen LogP contribution < -0.4 is 5.73 Å². The molecule has 0 saturated carbocycles. The number of thiocarbonyl (C=S) groups is 1. The van der Waals surface area contributed by atoms with Crippen LogP contribution in [0.15, 0.2) is 24.5 Å². The fourth-order valence-corrected chi connectivity index (χ4v) is 1.83. The van der Waals surface area contributed by atoms with E-state index in [1.807, 2.05) is 0 Å². The maximum atomic E-state index is 12.1. The SMILES string of the molecule is NC(=S)C1CN(C(=O)c2ccncc2)CCO1. The highest BCUT2D eigenvalue weighted by Gasteiger charge is 2.26. The van der Waals surface area contributed by atoms with Crippen LogP contribution in [0.3, 0.4) is 0 Å². The molecule has 1 aromatic rings. The summed E-state index contributed by atoms with van der Waals surface area (Å²) >= 11 is 4.88. The van der Waals surface area contributed by atoms with Gasteiger partial charge in [-0.25, -0.2) is 0 Å². The summed E-state index contributed by atoms with van der Waals surface area (Å²) in [5.41, 5.74) is 6.14. The van der Waals surface area contributed by atoms with E-state index in [0.717, 1.165) is 0 Å². The fourth-order valence-electron chi connectivity index (χ4n) is 1.68. The quantitative estimate of drug-likeness (QED) is 0.761. The fraction of sp³-hybridized carbons (Fsp3) is 0.364. The third-order valence-corrected chi connectivity index (χ3v) is 2.86. The van der Waals surface area contributed by atoms with Crippen molar-refractivity contribution in [1.82, 2.24) is 9.88 Å². The van der Waals surface area contributed by atoms with Crippen LogP contribution in [0.2, 0.25) is 0 Å². The van der Waals surface area contributed by atoms with Gasteiger partial charge in [0.25, 0.3) is 5.91 Å². The number of hydrogen-bond acceptors (Lipinski definition) is 4. The molecule has 1 saturated heterocycles. The summed E-state index contributed by atoms with van der Waals surface area (Å²) in [5.74, 6) is -0.0445. The summed E-state index contributed by atoms with van der Waals surface area (Å²) in [5, 5.41) is 0. The van der Waals surface area contributed by atoms with Crippen LogP contribution in [0.25, 0.3) is 0 Å². The van der Waals surface area contributed by atoms with Crippen LogP contribution in [0, 0.1) is 0 Å². The molecule has 2 N–H and O–H groups in total. The minimum Gasteiger partial charge on any atom is -0.391 e. The van der Waals surface area contributed by atoms with Crippen LogP contribution in [0.4, 0.5) is 0 Å². The minimum absolute atomic E-state index is 0.0445. The van der Waals surface area contributed by atoms with Crippen molar-refractivity contribution in [2.75, 3.05) is 19.7 Å². The largest absolute Gasteiger partial charge is 0.391 e. The van der Waals surface area contributed by atoms with Gasteiger partial charge in [0.05, 0.1) is 13.2 Å². The number of carbonyl (C=O) groups excluding carboxylic acids is 1. The van der Waals surface area contributed by atoms with Gasteiger partial charge < -0.3 is 15.4 Å². The lowest BCUT2D eigenvalue weighted by molar-refractivity contribution is 0.00878. The van der Waals surface area contributed by atoms with Crippen LogP contribution in [-0.4, -0.2) is 46.6 Å². The number of rotatable bonds is 2. The van der Waals surface area contributed by atoms with Gasteiger partial charge in [-0.15, -0.1) is 0 Å². The molecule has 0 aliphatic carbocycles. The molecule has 17 heavy (non-hydrogen) atoms. The number of amides is 1. The molecule has 1 amide bonds. The molecule has 2 rings (SSSR count). The molecule has 1 fully saturated rings. The highest BCUT2D eigenvalue weighted by Crippen LogP contribution is 2.10. The number of ether oxygens (including phenoxy) is 1. The maximum Gasteiger partial charge on any atom is 0.254 e. The monoisotopic (exact) mass is 251 g/mol. The van der Waals surface area contributed by atoms with Gasteiger partial charge in [-0.05, 0) is 12.1 Å². The zero-order valence-electron chi connectivity index (χ0n) is 9.20. The summed E-state index contributed by atoms with van der Waals surface area (Å²) in [7, 11) is 0. The first-order valence-corrected chi connectivity index (χ1v) is 5.69. The van der Waals surface area contributed by atoms with Crippen LogP contribution in [0.5, 0.6) is 0 Å². The highest BCUT2D eigenvalue weighted by molar-refractivity contribution is 7.80. The van der Waals surface area contributed by atoms with Gasteiger partial charge in [0.15, 0.2) is 0 Å². The first kappa shape index (κ1) is 11.9. The van der Waals surface area contributed by atoms with E-state index in [0.29, 0.717) is 25.3 Å². The molecule has 2 heterocycles. The first-order chi connectivity index (χ1) is 8.18. The third-order valence-electron chi connectivity index (χ3n) is 2.60. The van der Waals surface area contributed by atoms with Crippen LogP contribution >= 0.6 is 12.2 Å². The minimum atomic E-state index is -0.343. The summed E-state index contributed by atoms with van der Waals surface area (Å²) in [6.45, 7) is 1.43. The van der Waals surface area contributed by atoms with Crippen molar-refractivity contribution in [1.29, 1.82) is 0 Å². The smallest absolute Gasteiger partial charge is 0.254 e. The van der Waals surface area contributed by atoms with Crippen molar-refractivity contribution < 1.29 is 9.53 Å². The number of aromatic nitrogens is 1.